The molecule has 22 heavy (non-hydrogen) atoms. The summed E-state index contributed by atoms with van der Waals surface area (Å²) in [6.07, 6.45) is 4.43. The number of aliphatic imine (C=N–C) groups is 1. The Balaban J connectivity index is 0.00000242. The zero-order valence-corrected chi connectivity index (χ0v) is 15.1. The molecule has 0 aromatic heterocycles. The van der Waals surface area contributed by atoms with Crippen molar-refractivity contribution >= 4 is 35.8 Å². The van der Waals surface area contributed by atoms with E-state index < -0.39 is 0 Å². The minimum Gasteiger partial charge on any atom is -0.370 e. The van der Waals surface area contributed by atoms with Crippen LogP contribution in [0.15, 0.2) is 35.3 Å². The number of nitrogens with zero attached hydrogens (tertiary/aromatic N) is 1. The zero-order valence-electron chi connectivity index (χ0n) is 12.8. The van der Waals surface area contributed by atoms with E-state index in [0.29, 0.717) is 25.0 Å². The van der Waals surface area contributed by atoms with Crippen LogP contribution in [0.4, 0.5) is 0 Å². The number of hydrogen-bond donors (Lipinski definition) is 3. The monoisotopic (exact) mass is 416 g/mol. The lowest BCUT2D eigenvalue weighted by Gasteiger charge is -2.06. The molecule has 0 aliphatic heterocycles. The SMILES string of the molecule is I.NC(=NCCCC(=O)NC1CC1)NCCc1ccccc1. The van der Waals surface area contributed by atoms with Gasteiger partial charge in [0.25, 0.3) is 0 Å². The van der Waals surface area contributed by atoms with Gasteiger partial charge in [-0.05, 0) is 31.2 Å². The van der Waals surface area contributed by atoms with Crippen molar-refractivity contribution in [2.75, 3.05) is 13.1 Å². The first kappa shape index (κ1) is 18.7. The number of carbonyl (C=O) groups excluding carboxylic acids is 1. The van der Waals surface area contributed by atoms with E-state index in [1.54, 1.807) is 0 Å². The van der Waals surface area contributed by atoms with Crippen molar-refractivity contribution in [3.8, 4) is 0 Å². The normalized spacial score (nSPS) is 14.1. The number of halogens is 1. The Morgan fingerprint density at radius 1 is 1.27 bits per heavy atom. The Morgan fingerprint density at radius 2 is 2.00 bits per heavy atom. The minimum atomic E-state index is 0. The van der Waals surface area contributed by atoms with Gasteiger partial charge in [-0.25, -0.2) is 0 Å². The molecular formula is C16H25IN4O. The topological polar surface area (TPSA) is 79.5 Å². The van der Waals surface area contributed by atoms with Crippen molar-refractivity contribution in [1.29, 1.82) is 0 Å². The van der Waals surface area contributed by atoms with E-state index in [2.05, 4.69) is 27.8 Å². The number of carbonyl (C=O) groups is 1. The maximum atomic E-state index is 11.5. The molecule has 6 heteroatoms. The van der Waals surface area contributed by atoms with Crippen LogP contribution in [0.3, 0.4) is 0 Å². The van der Waals surface area contributed by atoms with Crippen LogP contribution in [0.1, 0.15) is 31.2 Å². The third-order valence-electron chi connectivity index (χ3n) is 3.35. The molecule has 0 heterocycles. The fraction of sp³-hybridized carbons (Fsp3) is 0.500. The van der Waals surface area contributed by atoms with Crippen molar-refractivity contribution in [1.82, 2.24) is 10.6 Å². The molecule has 0 saturated heterocycles. The third-order valence-corrected chi connectivity index (χ3v) is 3.35. The fourth-order valence-corrected chi connectivity index (χ4v) is 2.00. The molecule has 0 bridgehead atoms. The maximum absolute atomic E-state index is 11.5. The number of benzene rings is 1. The van der Waals surface area contributed by atoms with Crippen LogP contribution >= 0.6 is 24.0 Å². The van der Waals surface area contributed by atoms with Crippen molar-refractivity contribution in [2.24, 2.45) is 10.7 Å². The van der Waals surface area contributed by atoms with Gasteiger partial charge < -0.3 is 16.4 Å². The molecular weight excluding hydrogens is 391 g/mol. The van der Waals surface area contributed by atoms with Gasteiger partial charge in [0.2, 0.25) is 5.91 Å². The smallest absolute Gasteiger partial charge is 0.220 e. The van der Waals surface area contributed by atoms with E-state index >= 15 is 0 Å². The van der Waals surface area contributed by atoms with Crippen LogP contribution in [0.2, 0.25) is 0 Å². The first-order valence-corrected chi connectivity index (χ1v) is 7.61. The lowest BCUT2D eigenvalue weighted by molar-refractivity contribution is -0.121. The molecule has 2 rings (SSSR count). The average molecular weight is 416 g/mol. The molecule has 0 spiro atoms. The largest absolute Gasteiger partial charge is 0.370 e. The fourth-order valence-electron chi connectivity index (χ4n) is 2.00. The predicted octanol–water partition coefficient (Wildman–Crippen LogP) is 1.81. The second kappa shape index (κ2) is 10.4. The quantitative estimate of drug-likeness (QED) is 0.262. The standard InChI is InChI=1S/C16H24N4O.HI/c17-16(19-12-10-13-5-2-1-3-6-13)18-11-4-7-15(21)20-14-8-9-14;/h1-3,5-6,14H,4,7-12H2,(H,20,21)(H3,17,18,19);1H. The average Bonchev–Trinajstić information content (AvgIpc) is 3.29. The van der Waals surface area contributed by atoms with Crippen LogP contribution in [0.25, 0.3) is 0 Å². The maximum Gasteiger partial charge on any atom is 0.220 e. The second-order valence-corrected chi connectivity index (χ2v) is 5.37. The van der Waals surface area contributed by atoms with Crippen molar-refractivity contribution < 1.29 is 4.79 Å². The van der Waals surface area contributed by atoms with Crippen LogP contribution in [0.5, 0.6) is 0 Å². The lowest BCUT2D eigenvalue weighted by Crippen LogP contribution is -2.33. The summed E-state index contributed by atoms with van der Waals surface area (Å²) in [6, 6.07) is 10.7. The highest BCUT2D eigenvalue weighted by molar-refractivity contribution is 14.0. The molecule has 1 fully saturated rings. The van der Waals surface area contributed by atoms with E-state index in [1.807, 2.05) is 18.2 Å². The Kier molecular flexibility index (Phi) is 8.88. The van der Waals surface area contributed by atoms with Gasteiger partial charge >= 0.3 is 0 Å². The molecule has 1 aromatic carbocycles. The van der Waals surface area contributed by atoms with Crippen LogP contribution in [-0.4, -0.2) is 31.0 Å². The first-order chi connectivity index (χ1) is 10.2. The van der Waals surface area contributed by atoms with Crippen LogP contribution in [0, 0.1) is 0 Å². The van der Waals surface area contributed by atoms with Gasteiger partial charge in [-0.1, -0.05) is 30.3 Å². The van der Waals surface area contributed by atoms with Gasteiger partial charge in [0.1, 0.15) is 0 Å². The van der Waals surface area contributed by atoms with Crippen LogP contribution in [-0.2, 0) is 11.2 Å². The molecule has 4 N–H and O–H groups in total. The van der Waals surface area contributed by atoms with Gasteiger partial charge in [-0.3, -0.25) is 9.79 Å². The zero-order chi connectivity index (χ0) is 14.9. The molecule has 1 amide bonds. The number of nitrogens with one attached hydrogen (secondary N) is 2. The molecule has 1 aliphatic rings. The Hall–Kier alpha value is -1.31. The van der Waals surface area contributed by atoms with E-state index in [9.17, 15) is 4.79 Å². The third kappa shape index (κ3) is 8.21. The van der Waals surface area contributed by atoms with Crippen molar-refractivity contribution in [3.63, 3.8) is 0 Å². The summed E-state index contributed by atoms with van der Waals surface area (Å²) in [5.74, 6) is 0.580. The summed E-state index contributed by atoms with van der Waals surface area (Å²) in [6.45, 7) is 1.35. The lowest BCUT2D eigenvalue weighted by atomic mass is 10.1. The number of guanidine groups is 1. The Bertz CT molecular complexity index is 474. The van der Waals surface area contributed by atoms with E-state index in [1.165, 1.54) is 5.56 Å². The minimum absolute atomic E-state index is 0. The van der Waals surface area contributed by atoms with Crippen molar-refractivity contribution in [2.45, 2.75) is 38.1 Å². The summed E-state index contributed by atoms with van der Waals surface area (Å²) in [5.41, 5.74) is 7.06. The predicted molar refractivity (Wildman–Crippen MR) is 100 cm³/mol. The molecule has 1 aromatic rings. The van der Waals surface area contributed by atoms with E-state index in [4.69, 9.17) is 5.73 Å². The van der Waals surface area contributed by atoms with Gasteiger partial charge in [0, 0.05) is 25.6 Å². The Labute approximate surface area is 149 Å². The van der Waals surface area contributed by atoms with Gasteiger partial charge in [-0.2, -0.15) is 0 Å². The Morgan fingerprint density at radius 3 is 2.68 bits per heavy atom. The van der Waals surface area contributed by atoms with Crippen molar-refractivity contribution in [3.05, 3.63) is 35.9 Å². The number of hydrogen-bond acceptors (Lipinski definition) is 2. The molecule has 1 saturated carbocycles. The summed E-state index contributed by atoms with van der Waals surface area (Å²) in [4.78, 5) is 15.7. The first-order valence-electron chi connectivity index (χ1n) is 7.61. The molecule has 0 unspecified atom stereocenters. The second-order valence-electron chi connectivity index (χ2n) is 5.37. The molecule has 0 radical (unpaired) electrons. The van der Waals surface area contributed by atoms with Crippen LogP contribution < -0.4 is 16.4 Å². The molecule has 122 valence electrons. The van der Waals surface area contributed by atoms with Gasteiger partial charge in [-0.15, -0.1) is 24.0 Å². The van der Waals surface area contributed by atoms with Gasteiger partial charge in [0.05, 0.1) is 0 Å². The molecule has 5 nitrogen and oxygen atoms in total. The van der Waals surface area contributed by atoms with E-state index in [0.717, 1.165) is 32.2 Å². The summed E-state index contributed by atoms with van der Waals surface area (Å²) in [5, 5.41) is 6.05. The highest BCUT2D eigenvalue weighted by atomic mass is 127. The van der Waals surface area contributed by atoms with E-state index in [-0.39, 0.29) is 29.9 Å². The number of rotatable bonds is 8. The number of nitrogens with two attached hydrogens (primary N) is 1. The summed E-state index contributed by atoms with van der Waals surface area (Å²) < 4.78 is 0. The summed E-state index contributed by atoms with van der Waals surface area (Å²) >= 11 is 0. The molecule has 0 atom stereocenters. The number of amides is 1. The molecule has 1 aliphatic carbocycles. The highest BCUT2D eigenvalue weighted by Crippen LogP contribution is 2.18. The highest BCUT2D eigenvalue weighted by Gasteiger charge is 2.22. The summed E-state index contributed by atoms with van der Waals surface area (Å²) in [7, 11) is 0. The van der Waals surface area contributed by atoms with Gasteiger partial charge in [0.15, 0.2) is 5.96 Å².